The van der Waals surface area contributed by atoms with E-state index in [1.807, 2.05) is 35.7 Å². The van der Waals surface area contributed by atoms with Crippen molar-refractivity contribution < 1.29 is 8.42 Å². The highest BCUT2D eigenvalue weighted by Crippen LogP contribution is 2.20. The predicted molar refractivity (Wildman–Crippen MR) is 80.6 cm³/mol. The smallest absolute Gasteiger partial charge is 0.197 e. The maximum Gasteiger partial charge on any atom is 0.280 e. The molecule has 0 unspecified atom stereocenters. The lowest BCUT2D eigenvalue weighted by Crippen LogP contribution is -2.42. The van der Waals surface area contributed by atoms with Gasteiger partial charge in [0.15, 0.2) is 0 Å². The Labute approximate surface area is 123 Å². The molecule has 0 saturated carbocycles. The highest BCUT2D eigenvalue weighted by atomic mass is 32.2. The quantitative estimate of drug-likeness (QED) is 0.941. The van der Waals surface area contributed by atoms with Crippen LogP contribution in [0.4, 0.5) is 0 Å². The lowest BCUT2D eigenvalue weighted by Gasteiger charge is -2.28. The number of thiophene rings is 1. The first-order chi connectivity index (χ1) is 9.65. The average molecular weight is 308 g/mol. The van der Waals surface area contributed by atoms with Crippen LogP contribution >= 0.6 is 11.3 Å². The van der Waals surface area contributed by atoms with Crippen LogP contribution in [-0.4, -0.2) is 19.3 Å². The van der Waals surface area contributed by atoms with Gasteiger partial charge in [-0.3, -0.25) is 0 Å². The molecule has 1 aromatic carbocycles. The topological polar surface area (TPSA) is 49.4 Å². The minimum atomic E-state index is -3.41. The Morgan fingerprint density at radius 3 is 2.70 bits per heavy atom. The van der Waals surface area contributed by atoms with Gasteiger partial charge in [-0.15, -0.1) is 11.3 Å². The molecule has 0 spiro atoms. The molecule has 2 heterocycles. The Morgan fingerprint density at radius 1 is 1.15 bits per heavy atom. The summed E-state index contributed by atoms with van der Waals surface area (Å²) in [6.07, 6.45) is 0.774. The number of hydrogen-bond acceptors (Lipinski definition) is 3. The van der Waals surface area contributed by atoms with Crippen molar-refractivity contribution in [2.75, 3.05) is 6.54 Å². The van der Waals surface area contributed by atoms with E-state index in [1.165, 1.54) is 9.87 Å². The van der Waals surface area contributed by atoms with E-state index >= 15 is 0 Å². The molecule has 0 aliphatic carbocycles. The van der Waals surface area contributed by atoms with Crippen molar-refractivity contribution in [1.82, 2.24) is 9.03 Å². The van der Waals surface area contributed by atoms with Gasteiger partial charge in [0.1, 0.15) is 0 Å². The Balaban J connectivity index is 1.70. The van der Waals surface area contributed by atoms with Crippen LogP contribution in [0, 0.1) is 0 Å². The van der Waals surface area contributed by atoms with Crippen LogP contribution in [0.25, 0.3) is 0 Å². The minimum absolute atomic E-state index is 0.359. The van der Waals surface area contributed by atoms with E-state index in [0.717, 1.165) is 16.9 Å². The molecule has 6 heteroatoms. The fraction of sp³-hybridized carbons (Fsp3) is 0.286. The van der Waals surface area contributed by atoms with E-state index in [0.29, 0.717) is 19.6 Å². The zero-order chi connectivity index (χ0) is 14.0. The summed E-state index contributed by atoms with van der Waals surface area (Å²) in [6, 6.07) is 11.9. The minimum Gasteiger partial charge on any atom is -0.197 e. The van der Waals surface area contributed by atoms with Gasteiger partial charge < -0.3 is 0 Å². The highest BCUT2D eigenvalue weighted by Gasteiger charge is 2.26. The lowest BCUT2D eigenvalue weighted by molar-refractivity contribution is 0.384. The molecule has 0 radical (unpaired) electrons. The summed E-state index contributed by atoms with van der Waals surface area (Å²) in [5.74, 6) is 0. The predicted octanol–water partition coefficient (Wildman–Crippen LogP) is 2.14. The first-order valence-corrected chi connectivity index (χ1v) is 8.81. The summed E-state index contributed by atoms with van der Waals surface area (Å²) in [5, 5.41) is 1.95. The average Bonchev–Trinajstić information content (AvgIpc) is 2.98. The monoisotopic (exact) mass is 308 g/mol. The molecule has 20 heavy (non-hydrogen) atoms. The molecule has 0 saturated heterocycles. The van der Waals surface area contributed by atoms with Gasteiger partial charge in [-0.25, -0.2) is 0 Å². The van der Waals surface area contributed by atoms with Crippen molar-refractivity contribution in [3.63, 3.8) is 0 Å². The molecule has 1 aromatic heterocycles. The van der Waals surface area contributed by atoms with Gasteiger partial charge in [0.2, 0.25) is 0 Å². The van der Waals surface area contributed by atoms with Crippen molar-refractivity contribution in [2.45, 2.75) is 19.5 Å². The zero-order valence-corrected chi connectivity index (χ0v) is 12.6. The third-order valence-electron chi connectivity index (χ3n) is 3.44. The van der Waals surface area contributed by atoms with E-state index in [2.05, 4.69) is 10.8 Å². The molecule has 0 atom stereocenters. The molecule has 4 nitrogen and oxygen atoms in total. The summed E-state index contributed by atoms with van der Waals surface area (Å²) in [6.45, 7) is 1.35. The number of nitrogens with one attached hydrogen (secondary N) is 1. The molecular formula is C14H16N2O2S2. The van der Waals surface area contributed by atoms with Crippen LogP contribution in [0.5, 0.6) is 0 Å². The third kappa shape index (κ3) is 2.93. The Hall–Kier alpha value is -1.21. The van der Waals surface area contributed by atoms with Crippen molar-refractivity contribution in [2.24, 2.45) is 0 Å². The zero-order valence-electron chi connectivity index (χ0n) is 11.0. The maximum atomic E-state index is 12.3. The van der Waals surface area contributed by atoms with Crippen molar-refractivity contribution in [3.8, 4) is 0 Å². The van der Waals surface area contributed by atoms with Crippen LogP contribution < -0.4 is 4.72 Å². The van der Waals surface area contributed by atoms with Crippen LogP contribution in [0.2, 0.25) is 0 Å². The molecular weight excluding hydrogens is 292 g/mol. The van der Waals surface area contributed by atoms with Gasteiger partial charge in [0, 0.05) is 24.5 Å². The fourth-order valence-electron chi connectivity index (χ4n) is 2.34. The molecule has 1 N–H and O–H groups in total. The van der Waals surface area contributed by atoms with E-state index in [-0.39, 0.29) is 0 Å². The second-order valence-electron chi connectivity index (χ2n) is 4.76. The molecule has 0 amide bonds. The second-order valence-corrected chi connectivity index (χ2v) is 7.55. The van der Waals surface area contributed by atoms with E-state index in [4.69, 9.17) is 0 Å². The Bertz CT molecular complexity index is 681. The standard InChI is InChI=1S/C14H16N2O2S2/c17-20(18,15-10-14-6-3-9-19-14)16-8-7-12-4-1-2-5-13(12)11-16/h1-6,9,15H,7-8,10-11H2. The molecule has 106 valence electrons. The number of hydrogen-bond donors (Lipinski definition) is 1. The summed E-state index contributed by atoms with van der Waals surface area (Å²) < 4.78 is 28.8. The summed E-state index contributed by atoms with van der Waals surface area (Å²) in [4.78, 5) is 1.02. The van der Waals surface area contributed by atoms with Gasteiger partial charge >= 0.3 is 0 Å². The van der Waals surface area contributed by atoms with Crippen LogP contribution in [0.15, 0.2) is 41.8 Å². The van der Waals surface area contributed by atoms with E-state index in [9.17, 15) is 8.42 Å². The van der Waals surface area contributed by atoms with Crippen molar-refractivity contribution in [1.29, 1.82) is 0 Å². The van der Waals surface area contributed by atoms with Crippen molar-refractivity contribution in [3.05, 3.63) is 57.8 Å². The number of benzene rings is 1. The largest absolute Gasteiger partial charge is 0.280 e. The molecule has 2 aromatic rings. The van der Waals surface area contributed by atoms with Crippen molar-refractivity contribution >= 4 is 21.5 Å². The number of nitrogens with zero attached hydrogens (tertiary/aromatic N) is 1. The molecule has 1 aliphatic rings. The first-order valence-electron chi connectivity index (χ1n) is 6.49. The molecule has 0 fully saturated rings. The summed E-state index contributed by atoms with van der Waals surface area (Å²) in [7, 11) is -3.41. The Kier molecular flexibility index (Phi) is 3.89. The van der Waals surface area contributed by atoms with Gasteiger partial charge in [0.25, 0.3) is 10.2 Å². The normalized spacial score (nSPS) is 16.0. The maximum absolute atomic E-state index is 12.3. The van der Waals surface area contributed by atoms with Crippen LogP contribution in [0.3, 0.4) is 0 Å². The molecule has 1 aliphatic heterocycles. The lowest BCUT2D eigenvalue weighted by atomic mass is 10.0. The van der Waals surface area contributed by atoms with Crippen LogP contribution in [0.1, 0.15) is 16.0 Å². The SMILES string of the molecule is O=S(=O)(NCc1cccs1)N1CCc2ccccc2C1. The van der Waals surface area contributed by atoms with Gasteiger partial charge in [0.05, 0.1) is 0 Å². The van der Waals surface area contributed by atoms with Crippen LogP contribution in [-0.2, 0) is 29.7 Å². The number of fused-ring (bicyclic) bond motifs is 1. The highest BCUT2D eigenvalue weighted by molar-refractivity contribution is 7.87. The first kappa shape index (κ1) is 13.8. The van der Waals surface area contributed by atoms with Gasteiger partial charge in [-0.1, -0.05) is 30.3 Å². The summed E-state index contributed by atoms with van der Waals surface area (Å²) in [5.41, 5.74) is 2.34. The van der Waals surface area contributed by atoms with E-state index < -0.39 is 10.2 Å². The van der Waals surface area contributed by atoms with E-state index in [1.54, 1.807) is 11.3 Å². The number of rotatable bonds is 4. The Morgan fingerprint density at radius 2 is 1.95 bits per heavy atom. The molecule has 0 bridgehead atoms. The molecule has 3 rings (SSSR count). The summed E-state index contributed by atoms with van der Waals surface area (Å²) >= 11 is 1.55. The fourth-order valence-corrected chi connectivity index (χ4v) is 4.24. The van der Waals surface area contributed by atoms with Gasteiger partial charge in [-0.2, -0.15) is 17.4 Å². The second kappa shape index (κ2) is 5.65. The third-order valence-corrected chi connectivity index (χ3v) is 5.82. The van der Waals surface area contributed by atoms with Gasteiger partial charge in [-0.05, 0) is 29.0 Å².